The molecule has 3 nitrogen and oxygen atoms in total. The van der Waals surface area contributed by atoms with Gasteiger partial charge in [-0.25, -0.2) is 0 Å². The summed E-state index contributed by atoms with van der Waals surface area (Å²) in [6.45, 7) is 2.16. The maximum atomic E-state index is 12.8. The highest BCUT2D eigenvalue weighted by atomic mass is 32.2. The molecule has 0 bridgehead atoms. The minimum absolute atomic E-state index is 0.0665. The van der Waals surface area contributed by atoms with Crippen LogP contribution >= 0.6 is 11.8 Å². The predicted octanol–water partition coefficient (Wildman–Crippen LogP) is 3.91. The second kappa shape index (κ2) is 7.86. The molecule has 4 heteroatoms. The molecule has 1 aliphatic rings. The van der Waals surface area contributed by atoms with Gasteiger partial charge >= 0.3 is 0 Å². The van der Waals surface area contributed by atoms with Crippen LogP contribution in [0.4, 0.5) is 0 Å². The highest BCUT2D eigenvalue weighted by Crippen LogP contribution is 2.41. The fourth-order valence-corrected chi connectivity index (χ4v) is 4.52. The molecule has 0 saturated heterocycles. The van der Waals surface area contributed by atoms with Crippen molar-refractivity contribution in [2.75, 3.05) is 12.9 Å². The molecular formula is C20H23NO2S. The van der Waals surface area contributed by atoms with Crippen LogP contribution in [0, 0.1) is 0 Å². The van der Waals surface area contributed by atoms with Gasteiger partial charge < -0.3 is 10.1 Å². The average Bonchev–Trinajstić information content (AvgIpc) is 2.94. The van der Waals surface area contributed by atoms with Crippen LogP contribution < -0.4 is 5.32 Å². The Bertz CT molecular complexity index is 689. The summed E-state index contributed by atoms with van der Waals surface area (Å²) < 4.78 is 5.46. The lowest BCUT2D eigenvalue weighted by Gasteiger charge is -2.24. The number of methoxy groups -OCH3 is 1. The van der Waals surface area contributed by atoms with Crippen molar-refractivity contribution >= 4 is 17.7 Å². The summed E-state index contributed by atoms with van der Waals surface area (Å²) >= 11 is 1.89. The molecule has 0 saturated carbocycles. The van der Waals surface area contributed by atoms with E-state index in [1.165, 1.54) is 11.1 Å². The van der Waals surface area contributed by atoms with Gasteiger partial charge in [-0.15, -0.1) is 0 Å². The lowest BCUT2D eigenvalue weighted by Crippen LogP contribution is -2.40. The van der Waals surface area contributed by atoms with Crippen molar-refractivity contribution in [1.29, 1.82) is 0 Å². The summed E-state index contributed by atoms with van der Waals surface area (Å²) in [5.74, 6) is 0.959. The Labute approximate surface area is 147 Å². The van der Waals surface area contributed by atoms with Crippen LogP contribution in [0.3, 0.4) is 0 Å². The van der Waals surface area contributed by atoms with E-state index in [2.05, 4.69) is 36.5 Å². The van der Waals surface area contributed by atoms with Gasteiger partial charge in [0.25, 0.3) is 5.91 Å². The van der Waals surface area contributed by atoms with E-state index < -0.39 is 6.10 Å². The quantitative estimate of drug-likeness (QED) is 0.866. The van der Waals surface area contributed by atoms with Crippen LogP contribution in [0.15, 0.2) is 54.6 Å². The number of hydrogen-bond donors (Lipinski definition) is 1. The molecule has 0 radical (unpaired) electrons. The second-order valence-corrected chi connectivity index (χ2v) is 7.34. The SMILES string of the molecule is CCS[C@@H]1c2ccccc2C[C@H]1NC(=O)[C@@H](OC)c1ccccc1. The zero-order valence-electron chi connectivity index (χ0n) is 14.1. The Morgan fingerprint density at radius 3 is 2.62 bits per heavy atom. The highest BCUT2D eigenvalue weighted by molar-refractivity contribution is 7.99. The first-order valence-electron chi connectivity index (χ1n) is 8.32. The number of nitrogens with one attached hydrogen (secondary N) is 1. The topological polar surface area (TPSA) is 38.3 Å². The minimum Gasteiger partial charge on any atom is -0.367 e. The molecule has 3 atom stereocenters. The summed E-state index contributed by atoms with van der Waals surface area (Å²) in [6, 6.07) is 18.2. The number of fused-ring (bicyclic) bond motifs is 1. The van der Waals surface area contributed by atoms with Crippen LogP contribution in [-0.4, -0.2) is 24.8 Å². The molecule has 126 valence electrons. The fraction of sp³-hybridized carbons (Fsp3) is 0.350. The molecule has 0 spiro atoms. The average molecular weight is 341 g/mol. The molecule has 1 N–H and O–H groups in total. The molecule has 0 unspecified atom stereocenters. The van der Waals surface area contributed by atoms with Gasteiger partial charge in [-0.3, -0.25) is 4.79 Å². The summed E-state index contributed by atoms with van der Waals surface area (Å²) in [7, 11) is 1.58. The number of carbonyl (C=O) groups is 1. The first kappa shape index (κ1) is 17.1. The Balaban J connectivity index is 1.76. The first-order chi connectivity index (χ1) is 11.7. The number of carbonyl (C=O) groups excluding carboxylic acids is 1. The monoisotopic (exact) mass is 341 g/mol. The smallest absolute Gasteiger partial charge is 0.254 e. The van der Waals surface area contributed by atoms with E-state index in [-0.39, 0.29) is 11.9 Å². The summed E-state index contributed by atoms with van der Waals surface area (Å²) in [4.78, 5) is 12.8. The molecular weight excluding hydrogens is 318 g/mol. The van der Waals surface area contributed by atoms with Gasteiger partial charge in [0.1, 0.15) is 0 Å². The van der Waals surface area contributed by atoms with Gasteiger partial charge in [-0.1, -0.05) is 61.5 Å². The van der Waals surface area contributed by atoms with E-state index in [1.54, 1.807) is 7.11 Å². The lowest BCUT2D eigenvalue weighted by molar-refractivity contribution is -0.132. The van der Waals surface area contributed by atoms with E-state index in [1.807, 2.05) is 42.1 Å². The predicted molar refractivity (Wildman–Crippen MR) is 99.1 cm³/mol. The minimum atomic E-state index is -0.567. The van der Waals surface area contributed by atoms with Crippen molar-refractivity contribution in [1.82, 2.24) is 5.32 Å². The molecule has 24 heavy (non-hydrogen) atoms. The summed E-state index contributed by atoms with van der Waals surface area (Å²) in [5, 5.41) is 3.53. The standard InChI is InChI=1S/C20H23NO2S/c1-3-24-19-16-12-8-7-11-15(16)13-17(19)21-20(22)18(23-2)14-9-5-4-6-10-14/h4-12,17-19H,3,13H2,1-2H3,(H,21,22)/t17-,18+,19-/m1/s1. The van der Waals surface area contributed by atoms with Gasteiger partial charge in [0.15, 0.2) is 6.10 Å². The van der Waals surface area contributed by atoms with E-state index in [0.29, 0.717) is 5.25 Å². The van der Waals surface area contributed by atoms with Crippen molar-refractivity contribution in [2.24, 2.45) is 0 Å². The highest BCUT2D eigenvalue weighted by Gasteiger charge is 2.34. The third kappa shape index (κ3) is 3.50. The van der Waals surface area contributed by atoms with Gasteiger partial charge in [0, 0.05) is 13.2 Å². The number of rotatable bonds is 6. The van der Waals surface area contributed by atoms with Crippen LogP contribution in [-0.2, 0) is 16.0 Å². The number of amides is 1. The van der Waals surface area contributed by atoms with Crippen LogP contribution in [0.2, 0.25) is 0 Å². The van der Waals surface area contributed by atoms with Crippen LogP contribution in [0.25, 0.3) is 0 Å². The number of benzene rings is 2. The number of thioether (sulfide) groups is 1. The Morgan fingerprint density at radius 2 is 1.92 bits per heavy atom. The van der Waals surface area contributed by atoms with Crippen molar-refractivity contribution in [2.45, 2.75) is 30.7 Å². The van der Waals surface area contributed by atoms with Crippen molar-refractivity contribution in [3.8, 4) is 0 Å². The Hall–Kier alpha value is -1.78. The molecule has 0 aromatic heterocycles. The molecule has 1 aliphatic carbocycles. The lowest BCUT2D eigenvalue weighted by atomic mass is 10.1. The van der Waals surface area contributed by atoms with Crippen molar-refractivity contribution in [3.05, 3.63) is 71.3 Å². The van der Waals surface area contributed by atoms with E-state index in [9.17, 15) is 4.79 Å². The zero-order valence-corrected chi connectivity index (χ0v) is 14.9. The third-order valence-corrected chi connectivity index (χ3v) is 5.69. The van der Waals surface area contributed by atoms with E-state index in [4.69, 9.17) is 4.74 Å². The molecule has 3 rings (SSSR count). The van der Waals surface area contributed by atoms with E-state index in [0.717, 1.165) is 17.7 Å². The molecule has 2 aromatic carbocycles. The van der Waals surface area contributed by atoms with Gasteiger partial charge in [-0.2, -0.15) is 11.8 Å². The van der Waals surface area contributed by atoms with Gasteiger partial charge in [0.05, 0.1) is 5.25 Å². The Morgan fingerprint density at radius 1 is 1.21 bits per heavy atom. The third-order valence-electron chi connectivity index (χ3n) is 4.42. The number of ether oxygens (including phenoxy) is 1. The Kier molecular flexibility index (Phi) is 5.59. The molecule has 1 amide bonds. The first-order valence-corrected chi connectivity index (χ1v) is 9.37. The molecule has 0 heterocycles. The maximum absolute atomic E-state index is 12.8. The summed E-state index contributed by atoms with van der Waals surface area (Å²) in [6.07, 6.45) is 0.312. The van der Waals surface area contributed by atoms with E-state index >= 15 is 0 Å². The van der Waals surface area contributed by atoms with Gasteiger partial charge in [-0.05, 0) is 28.9 Å². The van der Waals surface area contributed by atoms with Crippen LogP contribution in [0.1, 0.15) is 35.0 Å². The summed E-state index contributed by atoms with van der Waals surface area (Å²) in [5.41, 5.74) is 3.57. The molecule has 0 fully saturated rings. The fourth-order valence-electron chi connectivity index (χ4n) is 3.35. The van der Waals surface area contributed by atoms with Crippen molar-refractivity contribution < 1.29 is 9.53 Å². The van der Waals surface area contributed by atoms with Gasteiger partial charge in [0.2, 0.25) is 0 Å². The maximum Gasteiger partial charge on any atom is 0.254 e. The second-order valence-electron chi connectivity index (χ2n) is 5.92. The molecule has 2 aromatic rings. The zero-order chi connectivity index (χ0) is 16.9. The number of hydrogen-bond acceptors (Lipinski definition) is 3. The van der Waals surface area contributed by atoms with Crippen LogP contribution in [0.5, 0.6) is 0 Å². The normalized spacial score (nSPS) is 20.4. The van der Waals surface area contributed by atoms with Crippen molar-refractivity contribution in [3.63, 3.8) is 0 Å². The largest absolute Gasteiger partial charge is 0.367 e. The molecule has 0 aliphatic heterocycles.